The molecule has 0 saturated carbocycles. The van der Waals surface area contributed by atoms with E-state index in [-0.39, 0.29) is 22.9 Å². The fourth-order valence-electron chi connectivity index (χ4n) is 3.06. The number of carbonyl (C=O) groups excluding carboxylic acids is 1. The zero-order valence-corrected chi connectivity index (χ0v) is 17.6. The quantitative estimate of drug-likeness (QED) is 0.466. The van der Waals surface area contributed by atoms with Crippen LogP contribution in [-0.2, 0) is 11.3 Å². The topological polar surface area (TPSA) is 108 Å². The number of amides is 1. The molecule has 1 amide bonds. The van der Waals surface area contributed by atoms with E-state index in [1.807, 2.05) is 0 Å². The molecule has 1 aromatic carbocycles. The van der Waals surface area contributed by atoms with E-state index in [9.17, 15) is 19.3 Å². The van der Waals surface area contributed by atoms with Gasteiger partial charge in [0, 0.05) is 10.6 Å². The normalized spacial score (nSPS) is 12.1. The van der Waals surface area contributed by atoms with Crippen LogP contribution in [0.25, 0.3) is 0 Å². The molecule has 1 atom stereocenters. The number of benzene rings is 1. The van der Waals surface area contributed by atoms with Crippen LogP contribution in [0.5, 0.6) is 0 Å². The molecule has 0 bridgehead atoms. The molecule has 30 heavy (non-hydrogen) atoms. The lowest BCUT2D eigenvalue weighted by molar-refractivity contribution is -0.385. The van der Waals surface area contributed by atoms with Gasteiger partial charge in [-0.1, -0.05) is 17.7 Å². The van der Waals surface area contributed by atoms with E-state index in [4.69, 9.17) is 11.6 Å². The van der Waals surface area contributed by atoms with Crippen molar-refractivity contribution in [3.05, 3.63) is 68.0 Å². The molecule has 3 aromatic rings. The first-order chi connectivity index (χ1) is 14.1. The van der Waals surface area contributed by atoms with Crippen LogP contribution in [0.3, 0.4) is 0 Å². The Morgan fingerprint density at radius 1 is 1.30 bits per heavy atom. The molecule has 9 nitrogen and oxygen atoms in total. The van der Waals surface area contributed by atoms with Gasteiger partial charge in [-0.2, -0.15) is 10.2 Å². The maximum absolute atomic E-state index is 14.1. The largest absolute Gasteiger partial charge is 0.321 e. The van der Waals surface area contributed by atoms with Crippen molar-refractivity contribution < 1.29 is 14.1 Å². The van der Waals surface area contributed by atoms with Gasteiger partial charge in [-0.3, -0.25) is 24.3 Å². The van der Waals surface area contributed by atoms with Gasteiger partial charge in [-0.15, -0.1) is 0 Å². The number of aromatic nitrogens is 4. The number of hydrogen-bond acceptors (Lipinski definition) is 5. The van der Waals surface area contributed by atoms with E-state index in [1.165, 1.54) is 29.9 Å². The molecule has 11 heteroatoms. The minimum absolute atomic E-state index is 0.105. The number of nitrogens with one attached hydrogen (secondary N) is 1. The summed E-state index contributed by atoms with van der Waals surface area (Å²) in [5.74, 6) is -0.855. The molecule has 2 heterocycles. The van der Waals surface area contributed by atoms with Gasteiger partial charge in [0.25, 0.3) is 0 Å². The molecule has 0 radical (unpaired) electrons. The maximum Gasteiger partial charge on any atom is 0.309 e. The van der Waals surface area contributed by atoms with Crippen LogP contribution in [-0.4, -0.2) is 30.4 Å². The first-order valence-electron chi connectivity index (χ1n) is 9.08. The molecule has 1 unspecified atom stereocenters. The number of aryl methyl sites for hydroxylation is 2. The maximum atomic E-state index is 14.1. The van der Waals surface area contributed by atoms with Gasteiger partial charge in [0.15, 0.2) is 0 Å². The highest BCUT2D eigenvalue weighted by Gasteiger charge is 2.24. The third-order valence-electron chi connectivity index (χ3n) is 4.86. The molecule has 0 aliphatic carbocycles. The summed E-state index contributed by atoms with van der Waals surface area (Å²) >= 11 is 6.10. The Morgan fingerprint density at radius 2 is 2.00 bits per heavy atom. The van der Waals surface area contributed by atoms with Crippen molar-refractivity contribution in [3.63, 3.8) is 0 Å². The summed E-state index contributed by atoms with van der Waals surface area (Å²) in [4.78, 5) is 23.2. The Balaban J connectivity index is 1.82. The lowest BCUT2D eigenvalue weighted by atomic mass is 10.2. The van der Waals surface area contributed by atoms with Gasteiger partial charge in [0.1, 0.15) is 23.7 Å². The van der Waals surface area contributed by atoms with Gasteiger partial charge < -0.3 is 5.32 Å². The van der Waals surface area contributed by atoms with E-state index in [2.05, 4.69) is 15.5 Å². The van der Waals surface area contributed by atoms with Crippen LogP contribution in [0.15, 0.2) is 24.4 Å². The first kappa shape index (κ1) is 21.4. The molecule has 0 saturated heterocycles. The molecule has 2 aromatic heterocycles. The Hall–Kier alpha value is -3.27. The number of hydrogen-bond donors (Lipinski definition) is 1. The first-order valence-corrected chi connectivity index (χ1v) is 9.45. The van der Waals surface area contributed by atoms with Gasteiger partial charge in [-0.25, -0.2) is 4.39 Å². The number of rotatable bonds is 6. The Labute approximate surface area is 176 Å². The molecule has 0 spiro atoms. The second-order valence-corrected chi connectivity index (χ2v) is 7.31. The third kappa shape index (κ3) is 4.04. The second-order valence-electron chi connectivity index (χ2n) is 6.91. The van der Waals surface area contributed by atoms with Gasteiger partial charge in [0.05, 0.1) is 28.5 Å². The van der Waals surface area contributed by atoms with Crippen LogP contribution in [0.2, 0.25) is 5.02 Å². The summed E-state index contributed by atoms with van der Waals surface area (Å²) in [6.07, 6.45) is 1.23. The van der Waals surface area contributed by atoms with E-state index >= 15 is 0 Å². The predicted molar refractivity (Wildman–Crippen MR) is 109 cm³/mol. The molecule has 158 valence electrons. The van der Waals surface area contributed by atoms with Crippen molar-refractivity contribution in [2.45, 2.75) is 40.3 Å². The minimum atomic E-state index is -0.791. The van der Waals surface area contributed by atoms with Crippen molar-refractivity contribution in [2.75, 3.05) is 5.32 Å². The van der Waals surface area contributed by atoms with Crippen LogP contribution in [0, 0.1) is 36.7 Å². The molecule has 3 rings (SSSR count). The van der Waals surface area contributed by atoms with Crippen molar-refractivity contribution in [1.82, 2.24) is 19.6 Å². The van der Waals surface area contributed by atoms with Crippen molar-refractivity contribution in [2.24, 2.45) is 0 Å². The second kappa shape index (κ2) is 8.23. The number of carbonyl (C=O) groups is 1. The molecule has 1 N–H and O–H groups in total. The summed E-state index contributed by atoms with van der Waals surface area (Å²) in [5.41, 5.74) is 2.02. The van der Waals surface area contributed by atoms with E-state index in [0.717, 1.165) is 0 Å². The average Bonchev–Trinajstić information content (AvgIpc) is 3.19. The zero-order valence-electron chi connectivity index (χ0n) is 16.8. The summed E-state index contributed by atoms with van der Waals surface area (Å²) in [6, 6.07) is 3.65. The van der Waals surface area contributed by atoms with Crippen molar-refractivity contribution in [3.8, 4) is 0 Å². The van der Waals surface area contributed by atoms with Gasteiger partial charge in [0.2, 0.25) is 5.91 Å². The number of nitrogens with zero attached hydrogens (tertiary/aromatic N) is 5. The zero-order chi connectivity index (χ0) is 22.2. The SMILES string of the molecule is Cc1nn(C(C)C(=O)Nc2c(C)nn(Cc3c(F)cccc3Cl)c2C)cc1[N+](=O)[O-]. The van der Waals surface area contributed by atoms with Crippen LogP contribution in [0.4, 0.5) is 15.8 Å². The lowest BCUT2D eigenvalue weighted by Crippen LogP contribution is -2.24. The smallest absolute Gasteiger partial charge is 0.309 e. The summed E-state index contributed by atoms with van der Waals surface area (Å²) in [5, 5.41) is 22.5. The fourth-order valence-corrected chi connectivity index (χ4v) is 3.29. The number of nitro groups is 1. The Bertz CT molecular complexity index is 1120. The van der Waals surface area contributed by atoms with Gasteiger partial charge in [-0.05, 0) is 39.8 Å². The van der Waals surface area contributed by atoms with E-state index in [0.29, 0.717) is 22.6 Å². The summed E-state index contributed by atoms with van der Waals surface area (Å²) in [7, 11) is 0. The Kier molecular flexibility index (Phi) is 5.88. The highest BCUT2D eigenvalue weighted by molar-refractivity contribution is 6.31. The average molecular weight is 435 g/mol. The van der Waals surface area contributed by atoms with Crippen LogP contribution < -0.4 is 5.32 Å². The standard InChI is InChI=1S/C19H20ClFN6O3/c1-10-17(27(29)30)9-26(23-10)13(4)19(28)22-18-11(2)24-25(12(18)3)8-14-15(20)6-5-7-16(14)21/h5-7,9,13H,8H2,1-4H3,(H,22,28). The lowest BCUT2D eigenvalue weighted by Gasteiger charge is -2.13. The highest BCUT2D eigenvalue weighted by atomic mass is 35.5. The highest BCUT2D eigenvalue weighted by Crippen LogP contribution is 2.25. The monoisotopic (exact) mass is 434 g/mol. The van der Waals surface area contributed by atoms with Crippen LogP contribution >= 0.6 is 11.6 Å². The third-order valence-corrected chi connectivity index (χ3v) is 5.22. The summed E-state index contributed by atoms with van der Waals surface area (Å²) in [6.45, 7) is 6.66. The minimum Gasteiger partial charge on any atom is -0.321 e. The van der Waals surface area contributed by atoms with Crippen LogP contribution in [0.1, 0.15) is 35.6 Å². The fraction of sp³-hybridized carbons (Fsp3) is 0.316. The molecular formula is C19H20ClFN6O3. The Morgan fingerprint density at radius 3 is 2.60 bits per heavy atom. The molecule has 0 aliphatic heterocycles. The predicted octanol–water partition coefficient (Wildman–Crippen LogP) is 3.95. The molecule has 0 fully saturated rings. The molecular weight excluding hydrogens is 415 g/mol. The number of anilines is 1. The van der Waals surface area contributed by atoms with Crippen molar-refractivity contribution in [1.29, 1.82) is 0 Å². The molecule has 0 aliphatic rings. The number of halogens is 2. The van der Waals surface area contributed by atoms with E-state index < -0.39 is 22.7 Å². The van der Waals surface area contributed by atoms with Crippen molar-refractivity contribution >= 4 is 28.9 Å². The van der Waals surface area contributed by atoms with Gasteiger partial charge >= 0.3 is 5.69 Å². The van der Waals surface area contributed by atoms with E-state index in [1.54, 1.807) is 31.5 Å². The summed E-state index contributed by atoms with van der Waals surface area (Å²) < 4.78 is 16.9.